The van der Waals surface area contributed by atoms with Crippen LogP contribution in [0.25, 0.3) is 11.1 Å². The molecule has 1 saturated heterocycles. The van der Waals surface area contributed by atoms with Crippen molar-refractivity contribution in [1.82, 2.24) is 14.6 Å². The Hall–Kier alpha value is -3.97. The summed E-state index contributed by atoms with van der Waals surface area (Å²) in [7, 11) is -3.73. The van der Waals surface area contributed by atoms with E-state index in [1.54, 1.807) is 42.5 Å². The molecule has 2 aliphatic rings. The number of benzene rings is 2. The summed E-state index contributed by atoms with van der Waals surface area (Å²) in [6.45, 7) is 1.52. The third-order valence-corrected chi connectivity index (χ3v) is 8.77. The SMILES string of the molecule is NC(=O)Oc1ccc(CNC(=O)C=CC2Cc3cc(-c4ccccc4S(=O)(=O)N4CCOCC4)cc(Cl)c3O2)cn1. The van der Waals surface area contributed by atoms with E-state index >= 15 is 0 Å². The van der Waals surface area contributed by atoms with Gasteiger partial charge in [0.25, 0.3) is 0 Å². The van der Waals surface area contributed by atoms with Gasteiger partial charge in [-0.3, -0.25) is 4.79 Å². The normalized spacial score (nSPS) is 17.1. The molecule has 13 heteroatoms. The number of aromatic nitrogens is 1. The van der Waals surface area contributed by atoms with Crippen LogP contribution in [0.1, 0.15) is 11.1 Å². The predicted molar refractivity (Wildman–Crippen MR) is 150 cm³/mol. The maximum Gasteiger partial charge on any atom is 0.411 e. The van der Waals surface area contributed by atoms with Crippen LogP contribution in [0.3, 0.4) is 0 Å². The van der Waals surface area contributed by atoms with Crippen LogP contribution in [0.4, 0.5) is 4.79 Å². The minimum atomic E-state index is -3.73. The van der Waals surface area contributed by atoms with E-state index in [4.69, 9.17) is 26.8 Å². The zero-order valence-corrected chi connectivity index (χ0v) is 23.4. The molecule has 0 spiro atoms. The molecule has 1 aromatic heterocycles. The lowest BCUT2D eigenvalue weighted by Crippen LogP contribution is -2.40. The maximum atomic E-state index is 13.4. The van der Waals surface area contributed by atoms with E-state index in [0.717, 1.165) is 5.56 Å². The van der Waals surface area contributed by atoms with E-state index in [2.05, 4.69) is 15.0 Å². The summed E-state index contributed by atoms with van der Waals surface area (Å²) in [6, 6.07) is 13.5. The highest BCUT2D eigenvalue weighted by Crippen LogP contribution is 2.41. The van der Waals surface area contributed by atoms with Gasteiger partial charge in [0.05, 0.1) is 23.1 Å². The fourth-order valence-corrected chi connectivity index (χ4v) is 6.49. The van der Waals surface area contributed by atoms with Crippen LogP contribution < -0.4 is 20.5 Å². The second kappa shape index (κ2) is 12.3. The molecule has 2 aromatic carbocycles. The Morgan fingerprint density at radius 2 is 1.95 bits per heavy atom. The van der Waals surface area contributed by atoms with Crippen LogP contribution in [0.2, 0.25) is 5.02 Å². The number of hydrogen-bond donors (Lipinski definition) is 2. The molecule has 3 N–H and O–H groups in total. The number of halogens is 1. The standard InChI is InChI=1S/C28H27ClN4O7S/c29-23-15-19(22-3-1-2-4-24(22)41(36,37)33-9-11-38-12-10-33)13-20-14-21(39-27(20)23)6-7-25(34)31-16-18-5-8-26(32-17-18)40-28(30)35/h1-8,13,15,17,21H,9-12,14,16H2,(H2,30,35)(H,31,34). The summed E-state index contributed by atoms with van der Waals surface area (Å²) in [6.07, 6.45) is 3.55. The lowest BCUT2D eigenvalue weighted by atomic mass is 10.0. The smallest absolute Gasteiger partial charge is 0.411 e. The molecule has 3 heterocycles. The number of nitrogens with two attached hydrogens (primary N) is 1. The number of ether oxygens (including phenoxy) is 3. The summed E-state index contributed by atoms with van der Waals surface area (Å²) < 4.78 is 44.3. The number of nitrogens with one attached hydrogen (secondary N) is 1. The number of pyridine rings is 1. The number of fused-ring (bicyclic) bond motifs is 1. The number of carbonyl (C=O) groups excluding carboxylic acids is 2. The summed E-state index contributed by atoms with van der Waals surface area (Å²) in [5, 5.41) is 3.10. The first-order chi connectivity index (χ1) is 19.7. The number of sulfonamides is 1. The van der Waals surface area contributed by atoms with E-state index in [9.17, 15) is 18.0 Å². The number of morpholine rings is 1. The quantitative estimate of drug-likeness (QED) is 0.376. The van der Waals surface area contributed by atoms with E-state index in [1.807, 2.05) is 6.07 Å². The molecule has 3 aromatic rings. The minimum Gasteiger partial charge on any atom is -0.484 e. The Bertz CT molecular complexity index is 1590. The molecule has 41 heavy (non-hydrogen) atoms. The third-order valence-electron chi connectivity index (χ3n) is 6.53. The van der Waals surface area contributed by atoms with E-state index in [0.29, 0.717) is 60.2 Å². The highest BCUT2D eigenvalue weighted by molar-refractivity contribution is 7.89. The number of primary amides is 1. The van der Waals surface area contributed by atoms with Crippen LogP contribution in [0.15, 0.2) is 71.8 Å². The summed E-state index contributed by atoms with van der Waals surface area (Å²) in [4.78, 5) is 27.3. The molecule has 0 aliphatic carbocycles. The van der Waals surface area contributed by atoms with Gasteiger partial charge >= 0.3 is 6.09 Å². The van der Waals surface area contributed by atoms with E-state index < -0.39 is 22.2 Å². The highest BCUT2D eigenvalue weighted by atomic mass is 35.5. The number of amides is 2. The zero-order chi connectivity index (χ0) is 29.0. The summed E-state index contributed by atoms with van der Waals surface area (Å²) in [5.74, 6) is 0.230. The first-order valence-corrected chi connectivity index (χ1v) is 14.6. The molecule has 1 atom stereocenters. The third kappa shape index (κ3) is 6.68. The number of nitrogens with zero attached hydrogens (tertiary/aromatic N) is 2. The van der Waals surface area contributed by atoms with Gasteiger partial charge in [-0.2, -0.15) is 4.31 Å². The van der Waals surface area contributed by atoms with Crippen molar-refractivity contribution in [2.75, 3.05) is 26.3 Å². The molecule has 0 bridgehead atoms. The Kier molecular flexibility index (Phi) is 8.54. The first kappa shape index (κ1) is 28.6. The summed E-state index contributed by atoms with van der Waals surface area (Å²) in [5.41, 5.74) is 7.67. The van der Waals surface area contributed by atoms with Crippen molar-refractivity contribution in [2.24, 2.45) is 5.73 Å². The molecular formula is C28H27ClN4O7S. The predicted octanol–water partition coefficient (Wildman–Crippen LogP) is 3.06. The van der Waals surface area contributed by atoms with Gasteiger partial charge in [0.2, 0.25) is 21.8 Å². The molecule has 0 saturated carbocycles. The van der Waals surface area contributed by atoms with Crippen molar-refractivity contribution in [3.05, 3.63) is 83.0 Å². The monoisotopic (exact) mass is 598 g/mol. The fourth-order valence-electron chi connectivity index (χ4n) is 4.58. The lowest BCUT2D eigenvalue weighted by molar-refractivity contribution is -0.116. The fraction of sp³-hybridized carbons (Fsp3) is 0.250. The van der Waals surface area contributed by atoms with Crippen LogP contribution in [0, 0.1) is 0 Å². The van der Waals surface area contributed by atoms with Crippen molar-refractivity contribution < 1.29 is 32.2 Å². The molecule has 1 unspecified atom stereocenters. The molecule has 11 nitrogen and oxygen atoms in total. The Morgan fingerprint density at radius 3 is 2.68 bits per heavy atom. The Morgan fingerprint density at radius 1 is 1.17 bits per heavy atom. The highest BCUT2D eigenvalue weighted by Gasteiger charge is 2.30. The van der Waals surface area contributed by atoms with Gasteiger partial charge in [0.1, 0.15) is 11.9 Å². The molecule has 0 radical (unpaired) electrons. The summed E-state index contributed by atoms with van der Waals surface area (Å²) >= 11 is 6.58. The number of carbonyl (C=O) groups is 2. The van der Waals surface area contributed by atoms with Gasteiger partial charge < -0.3 is 25.3 Å². The average molecular weight is 599 g/mol. The molecule has 2 aliphatic heterocycles. The van der Waals surface area contributed by atoms with Crippen LogP contribution in [-0.2, 0) is 32.5 Å². The van der Waals surface area contributed by atoms with Gasteiger partial charge in [-0.1, -0.05) is 35.9 Å². The van der Waals surface area contributed by atoms with Crippen LogP contribution >= 0.6 is 11.6 Å². The second-order valence-electron chi connectivity index (χ2n) is 9.32. The topological polar surface area (TPSA) is 150 Å². The van der Waals surface area contributed by atoms with Crippen LogP contribution in [-0.4, -0.2) is 62.1 Å². The van der Waals surface area contributed by atoms with Gasteiger partial charge in [0, 0.05) is 55.5 Å². The van der Waals surface area contributed by atoms with Crippen molar-refractivity contribution in [1.29, 1.82) is 0 Å². The molecule has 1 fully saturated rings. The van der Waals surface area contributed by atoms with Crippen molar-refractivity contribution in [3.63, 3.8) is 0 Å². The molecular weight excluding hydrogens is 572 g/mol. The van der Waals surface area contributed by atoms with Crippen LogP contribution in [0.5, 0.6) is 11.6 Å². The lowest BCUT2D eigenvalue weighted by Gasteiger charge is -2.27. The maximum absolute atomic E-state index is 13.4. The Labute approximate surface area is 241 Å². The molecule has 2 amide bonds. The van der Waals surface area contributed by atoms with Crippen molar-refractivity contribution in [3.8, 4) is 22.8 Å². The number of hydrogen-bond acceptors (Lipinski definition) is 8. The van der Waals surface area contributed by atoms with Gasteiger partial charge in [-0.25, -0.2) is 18.2 Å². The minimum absolute atomic E-state index is 0.0643. The first-order valence-electron chi connectivity index (χ1n) is 12.8. The van der Waals surface area contributed by atoms with E-state index in [-0.39, 0.29) is 23.2 Å². The Balaban J connectivity index is 1.25. The zero-order valence-electron chi connectivity index (χ0n) is 21.8. The average Bonchev–Trinajstić information content (AvgIpc) is 3.40. The largest absolute Gasteiger partial charge is 0.484 e. The van der Waals surface area contributed by atoms with Crippen molar-refractivity contribution in [2.45, 2.75) is 24.0 Å². The second-order valence-corrected chi connectivity index (χ2v) is 11.6. The number of rotatable bonds is 8. The molecule has 214 valence electrons. The van der Waals surface area contributed by atoms with Gasteiger partial charge in [-0.05, 0) is 35.4 Å². The van der Waals surface area contributed by atoms with Gasteiger partial charge in [-0.15, -0.1) is 0 Å². The van der Waals surface area contributed by atoms with E-state index in [1.165, 1.54) is 22.6 Å². The van der Waals surface area contributed by atoms with Gasteiger partial charge in [0.15, 0.2) is 0 Å². The molecule has 5 rings (SSSR count). The van der Waals surface area contributed by atoms with Crippen molar-refractivity contribution >= 4 is 33.6 Å².